The maximum atomic E-state index is 6.01. The van der Waals surface area contributed by atoms with E-state index in [4.69, 9.17) is 16.3 Å². The van der Waals surface area contributed by atoms with Gasteiger partial charge in [-0.25, -0.2) is 0 Å². The van der Waals surface area contributed by atoms with E-state index in [2.05, 4.69) is 27.5 Å². The van der Waals surface area contributed by atoms with Crippen molar-refractivity contribution in [1.82, 2.24) is 0 Å². The zero-order valence-electron chi connectivity index (χ0n) is 10.1. The van der Waals surface area contributed by atoms with Crippen molar-refractivity contribution in [2.75, 3.05) is 31.0 Å². The van der Waals surface area contributed by atoms with E-state index in [9.17, 15) is 0 Å². The summed E-state index contributed by atoms with van der Waals surface area (Å²) in [5.74, 6) is 2.01. The molecule has 17 heavy (non-hydrogen) atoms. The maximum Gasteiger partial charge on any atom is 0.156 e. The van der Waals surface area contributed by atoms with E-state index >= 15 is 0 Å². The van der Waals surface area contributed by atoms with Crippen LogP contribution < -0.4 is 10.1 Å². The molecule has 1 N–H and O–H groups in total. The Hall–Kier alpha value is -0.0600. The molecule has 0 fully saturated rings. The Bertz CT molecular complexity index is 363. The molecule has 0 aliphatic carbocycles. The zero-order valence-corrected chi connectivity index (χ0v) is 13.2. The second kappa shape index (κ2) is 8.11. The standard InChI is InChI=1S/C12H17BrClNOS/c1-16-12-10(13)7-9(14)8-11(12)15-5-3-4-6-17-2/h7-8,15H,3-6H2,1-2H3. The van der Waals surface area contributed by atoms with E-state index in [0.717, 1.165) is 28.9 Å². The Morgan fingerprint density at radius 2 is 2.18 bits per heavy atom. The molecule has 0 atom stereocenters. The molecule has 0 aliphatic heterocycles. The van der Waals surface area contributed by atoms with Crippen LogP contribution >= 0.6 is 39.3 Å². The first-order valence-electron chi connectivity index (χ1n) is 5.45. The summed E-state index contributed by atoms with van der Waals surface area (Å²) in [6.07, 6.45) is 4.50. The van der Waals surface area contributed by atoms with Crippen LogP contribution in [0.15, 0.2) is 16.6 Å². The van der Waals surface area contributed by atoms with Gasteiger partial charge in [0.2, 0.25) is 0 Å². The molecule has 0 aromatic heterocycles. The fourth-order valence-corrected chi connectivity index (χ4v) is 2.96. The molecule has 1 rings (SSSR count). The van der Waals surface area contributed by atoms with Gasteiger partial charge < -0.3 is 10.1 Å². The van der Waals surface area contributed by atoms with Crippen molar-refractivity contribution in [3.05, 3.63) is 21.6 Å². The van der Waals surface area contributed by atoms with Gasteiger partial charge in [-0.15, -0.1) is 0 Å². The number of rotatable bonds is 7. The molecule has 96 valence electrons. The summed E-state index contributed by atoms with van der Waals surface area (Å²) in [7, 11) is 1.66. The van der Waals surface area contributed by atoms with Crippen LogP contribution in [0.25, 0.3) is 0 Å². The highest BCUT2D eigenvalue weighted by molar-refractivity contribution is 9.10. The van der Waals surface area contributed by atoms with Crippen molar-refractivity contribution in [3.8, 4) is 5.75 Å². The molecule has 0 bridgehead atoms. The third-order valence-electron chi connectivity index (χ3n) is 2.30. The summed E-state index contributed by atoms with van der Waals surface area (Å²) in [6.45, 7) is 0.934. The monoisotopic (exact) mass is 337 g/mol. The predicted molar refractivity (Wildman–Crippen MR) is 81.8 cm³/mol. The molecule has 0 heterocycles. The molecular formula is C12H17BrClNOS. The van der Waals surface area contributed by atoms with Gasteiger partial charge in [0.05, 0.1) is 17.3 Å². The van der Waals surface area contributed by atoms with E-state index in [1.807, 2.05) is 23.9 Å². The second-order valence-electron chi connectivity index (χ2n) is 3.60. The van der Waals surface area contributed by atoms with Crippen LogP contribution in [0.3, 0.4) is 0 Å². The average Bonchev–Trinajstić information content (AvgIpc) is 2.28. The van der Waals surface area contributed by atoms with E-state index in [1.54, 1.807) is 7.11 Å². The first kappa shape index (κ1) is 15.0. The van der Waals surface area contributed by atoms with E-state index in [0.29, 0.717) is 5.02 Å². The van der Waals surface area contributed by atoms with Crippen LogP contribution in [0.4, 0.5) is 5.69 Å². The lowest BCUT2D eigenvalue weighted by Crippen LogP contribution is -2.04. The highest BCUT2D eigenvalue weighted by Gasteiger charge is 2.08. The largest absolute Gasteiger partial charge is 0.493 e. The number of benzene rings is 1. The van der Waals surface area contributed by atoms with Crippen LogP contribution in [0.1, 0.15) is 12.8 Å². The molecule has 0 aliphatic rings. The van der Waals surface area contributed by atoms with E-state index in [-0.39, 0.29) is 0 Å². The summed E-state index contributed by atoms with van der Waals surface area (Å²) < 4.78 is 6.21. The minimum Gasteiger partial charge on any atom is -0.493 e. The normalized spacial score (nSPS) is 10.4. The molecular weight excluding hydrogens is 322 g/mol. The Labute approximate surface area is 121 Å². The van der Waals surface area contributed by atoms with Gasteiger partial charge in [0.15, 0.2) is 5.75 Å². The number of halogens is 2. The Morgan fingerprint density at radius 3 is 2.82 bits per heavy atom. The summed E-state index contributed by atoms with van der Waals surface area (Å²) in [5.41, 5.74) is 0.941. The molecule has 2 nitrogen and oxygen atoms in total. The summed E-state index contributed by atoms with van der Waals surface area (Å²) in [4.78, 5) is 0. The van der Waals surface area contributed by atoms with Crippen LogP contribution in [0, 0.1) is 0 Å². The molecule has 1 aromatic carbocycles. The van der Waals surface area contributed by atoms with Crippen LogP contribution in [-0.4, -0.2) is 25.7 Å². The number of hydrogen-bond acceptors (Lipinski definition) is 3. The lowest BCUT2D eigenvalue weighted by molar-refractivity contribution is 0.414. The number of unbranched alkanes of at least 4 members (excludes halogenated alkanes) is 1. The summed E-state index contributed by atoms with van der Waals surface area (Å²) in [5, 5.41) is 4.05. The molecule has 1 aromatic rings. The molecule has 0 spiro atoms. The summed E-state index contributed by atoms with van der Waals surface area (Å²) in [6, 6.07) is 3.72. The van der Waals surface area contributed by atoms with Gasteiger partial charge in [-0.2, -0.15) is 11.8 Å². The van der Waals surface area contributed by atoms with Gasteiger partial charge in [-0.05, 0) is 52.9 Å². The first-order valence-corrected chi connectivity index (χ1v) is 8.01. The first-order chi connectivity index (χ1) is 8.19. The Morgan fingerprint density at radius 1 is 1.41 bits per heavy atom. The van der Waals surface area contributed by atoms with Crippen molar-refractivity contribution < 1.29 is 4.74 Å². The molecule has 5 heteroatoms. The molecule has 0 amide bonds. The predicted octanol–water partition coefficient (Wildman–Crippen LogP) is 4.67. The average molecular weight is 339 g/mol. The van der Waals surface area contributed by atoms with Crippen molar-refractivity contribution in [3.63, 3.8) is 0 Å². The number of methoxy groups -OCH3 is 1. The van der Waals surface area contributed by atoms with Crippen molar-refractivity contribution in [1.29, 1.82) is 0 Å². The van der Waals surface area contributed by atoms with Crippen LogP contribution in [0.2, 0.25) is 5.02 Å². The fourth-order valence-electron chi connectivity index (χ4n) is 1.49. The van der Waals surface area contributed by atoms with Crippen molar-refractivity contribution in [2.24, 2.45) is 0 Å². The van der Waals surface area contributed by atoms with Gasteiger partial charge in [0.25, 0.3) is 0 Å². The number of thioether (sulfide) groups is 1. The Balaban J connectivity index is 2.57. The lowest BCUT2D eigenvalue weighted by Gasteiger charge is -2.13. The second-order valence-corrected chi connectivity index (χ2v) is 5.87. The van der Waals surface area contributed by atoms with Gasteiger partial charge in [0.1, 0.15) is 0 Å². The third kappa shape index (κ3) is 4.98. The van der Waals surface area contributed by atoms with Crippen molar-refractivity contribution >= 4 is 45.0 Å². The highest BCUT2D eigenvalue weighted by Crippen LogP contribution is 2.36. The van der Waals surface area contributed by atoms with Crippen LogP contribution in [0.5, 0.6) is 5.75 Å². The topological polar surface area (TPSA) is 21.3 Å². The minimum absolute atomic E-state index is 0.698. The van der Waals surface area contributed by atoms with Crippen LogP contribution in [-0.2, 0) is 0 Å². The number of anilines is 1. The van der Waals surface area contributed by atoms with E-state index in [1.165, 1.54) is 12.2 Å². The molecule has 0 saturated heterocycles. The summed E-state index contributed by atoms with van der Waals surface area (Å²) >= 11 is 11.3. The molecule has 0 unspecified atom stereocenters. The minimum atomic E-state index is 0.698. The molecule has 0 saturated carbocycles. The van der Waals surface area contributed by atoms with Gasteiger partial charge in [0, 0.05) is 11.6 Å². The maximum absolute atomic E-state index is 6.01. The third-order valence-corrected chi connectivity index (χ3v) is 3.81. The SMILES string of the molecule is COc1c(Br)cc(Cl)cc1NCCCCSC. The van der Waals surface area contributed by atoms with Gasteiger partial charge >= 0.3 is 0 Å². The number of nitrogens with one attached hydrogen (secondary N) is 1. The molecule has 0 radical (unpaired) electrons. The van der Waals surface area contributed by atoms with Crippen molar-refractivity contribution in [2.45, 2.75) is 12.8 Å². The number of ether oxygens (including phenoxy) is 1. The smallest absolute Gasteiger partial charge is 0.156 e. The quantitative estimate of drug-likeness (QED) is 0.730. The lowest BCUT2D eigenvalue weighted by atomic mass is 10.2. The fraction of sp³-hybridized carbons (Fsp3) is 0.500. The zero-order chi connectivity index (χ0) is 12.7. The highest BCUT2D eigenvalue weighted by atomic mass is 79.9. The van der Waals surface area contributed by atoms with E-state index < -0.39 is 0 Å². The number of hydrogen-bond donors (Lipinski definition) is 1. The van der Waals surface area contributed by atoms with Gasteiger partial charge in [-0.3, -0.25) is 0 Å². The Kier molecular flexibility index (Phi) is 7.16. The van der Waals surface area contributed by atoms with Gasteiger partial charge in [-0.1, -0.05) is 11.6 Å².